The number of halogens is 2. The van der Waals surface area contributed by atoms with Crippen molar-refractivity contribution in [2.24, 2.45) is 5.10 Å². The molecule has 0 saturated carbocycles. The van der Waals surface area contributed by atoms with Gasteiger partial charge in [-0.05, 0) is 61.2 Å². The second kappa shape index (κ2) is 8.12. The van der Waals surface area contributed by atoms with Crippen molar-refractivity contribution >= 4 is 29.4 Å². The number of benzene rings is 2. The van der Waals surface area contributed by atoms with Gasteiger partial charge < -0.3 is 4.90 Å². The average Bonchev–Trinajstić information content (AvgIpc) is 2.63. The predicted molar refractivity (Wildman–Crippen MR) is 99.0 cm³/mol. The number of carbonyl (C=O) groups is 1. The second-order valence-corrected chi connectivity index (χ2v) is 6.40. The van der Waals surface area contributed by atoms with Gasteiger partial charge in [-0.1, -0.05) is 17.7 Å². The molecule has 1 saturated heterocycles. The van der Waals surface area contributed by atoms with Gasteiger partial charge in [0.05, 0.1) is 11.9 Å². The topological polar surface area (TPSA) is 44.7 Å². The van der Waals surface area contributed by atoms with Crippen LogP contribution in [0.15, 0.2) is 47.6 Å². The first-order valence-electron chi connectivity index (χ1n) is 8.27. The first-order chi connectivity index (χ1) is 12.1. The van der Waals surface area contributed by atoms with Gasteiger partial charge in [0.2, 0.25) is 0 Å². The van der Waals surface area contributed by atoms with E-state index >= 15 is 0 Å². The van der Waals surface area contributed by atoms with Crippen LogP contribution in [0.2, 0.25) is 5.02 Å². The van der Waals surface area contributed by atoms with Gasteiger partial charge in [0.25, 0.3) is 5.91 Å². The van der Waals surface area contributed by atoms with E-state index in [-0.39, 0.29) is 11.7 Å². The van der Waals surface area contributed by atoms with Crippen molar-refractivity contribution in [1.29, 1.82) is 0 Å². The average molecular weight is 360 g/mol. The molecule has 25 heavy (non-hydrogen) atoms. The zero-order valence-corrected chi connectivity index (χ0v) is 14.5. The number of hydrazone groups is 1. The molecule has 0 spiro atoms. The molecule has 0 bridgehead atoms. The summed E-state index contributed by atoms with van der Waals surface area (Å²) in [6, 6.07) is 11.5. The van der Waals surface area contributed by atoms with E-state index in [1.165, 1.54) is 18.7 Å². The van der Waals surface area contributed by atoms with Crippen LogP contribution in [-0.2, 0) is 0 Å². The van der Waals surface area contributed by atoms with E-state index in [9.17, 15) is 9.18 Å². The number of nitrogens with zero attached hydrogens (tertiary/aromatic N) is 2. The Morgan fingerprint density at radius 3 is 2.52 bits per heavy atom. The van der Waals surface area contributed by atoms with Gasteiger partial charge in [-0.3, -0.25) is 4.79 Å². The number of carbonyl (C=O) groups excluding carboxylic acids is 1. The molecule has 0 radical (unpaired) electrons. The number of nitrogens with one attached hydrogen (secondary N) is 1. The minimum atomic E-state index is -0.349. The summed E-state index contributed by atoms with van der Waals surface area (Å²) in [6.07, 6.45) is 4.83. The van der Waals surface area contributed by atoms with Gasteiger partial charge in [-0.2, -0.15) is 5.10 Å². The standard InChI is InChI=1S/C19H19ClFN3O/c20-16-7-5-15(6-8-16)19(25)23-22-13-14-4-9-18(17(21)12-14)24-10-2-1-3-11-24/h4-9,12-13H,1-3,10-11H2,(H,23,25)/b22-13-. The minimum absolute atomic E-state index is 0.269. The van der Waals surface area contributed by atoms with Crippen LogP contribution >= 0.6 is 11.6 Å². The SMILES string of the molecule is O=C(N/N=C\c1ccc(N2CCCCC2)c(F)c1)c1ccc(Cl)cc1. The number of hydrogen-bond acceptors (Lipinski definition) is 3. The Balaban J connectivity index is 1.62. The summed E-state index contributed by atoms with van der Waals surface area (Å²) >= 11 is 5.78. The van der Waals surface area contributed by atoms with Crippen molar-refractivity contribution in [2.45, 2.75) is 19.3 Å². The molecule has 1 aliphatic heterocycles. The third-order valence-corrected chi connectivity index (χ3v) is 4.41. The normalized spacial score (nSPS) is 14.7. The molecule has 0 atom stereocenters. The zero-order valence-electron chi connectivity index (χ0n) is 13.7. The maximum Gasteiger partial charge on any atom is 0.271 e. The lowest BCUT2D eigenvalue weighted by atomic mass is 10.1. The van der Waals surface area contributed by atoms with E-state index in [1.807, 2.05) is 0 Å². The Bertz CT molecular complexity index is 771. The van der Waals surface area contributed by atoms with Gasteiger partial charge in [0.1, 0.15) is 5.82 Å². The van der Waals surface area contributed by atoms with Crippen LogP contribution in [0.5, 0.6) is 0 Å². The van der Waals surface area contributed by atoms with Gasteiger partial charge in [-0.25, -0.2) is 9.82 Å². The lowest BCUT2D eigenvalue weighted by Crippen LogP contribution is -2.30. The van der Waals surface area contributed by atoms with Crippen LogP contribution in [0.4, 0.5) is 10.1 Å². The molecule has 130 valence electrons. The van der Waals surface area contributed by atoms with Gasteiger partial charge in [-0.15, -0.1) is 0 Å². The third kappa shape index (κ3) is 4.57. The van der Waals surface area contributed by atoms with Crippen molar-refractivity contribution in [3.63, 3.8) is 0 Å². The quantitative estimate of drug-likeness (QED) is 0.655. The van der Waals surface area contributed by atoms with Crippen LogP contribution in [0.1, 0.15) is 35.2 Å². The zero-order chi connectivity index (χ0) is 17.6. The molecule has 1 fully saturated rings. The molecule has 2 aromatic carbocycles. The fraction of sp³-hybridized carbons (Fsp3) is 0.263. The van der Waals surface area contributed by atoms with Crippen LogP contribution < -0.4 is 10.3 Å². The van der Waals surface area contributed by atoms with Gasteiger partial charge >= 0.3 is 0 Å². The van der Waals surface area contributed by atoms with Crippen LogP contribution in [0, 0.1) is 5.82 Å². The van der Waals surface area contributed by atoms with E-state index in [0.29, 0.717) is 21.8 Å². The Kier molecular flexibility index (Phi) is 5.66. The first kappa shape index (κ1) is 17.4. The molecule has 2 aromatic rings. The van der Waals surface area contributed by atoms with E-state index < -0.39 is 0 Å². The molecule has 1 N–H and O–H groups in total. The van der Waals surface area contributed by atoms with Crippen molar-refractivity contribution in [1.82, 2.24) is 5.43 Å². The van der Waals surface area contributed by atoms with Crippen LogP contribution in [-0.4, -0.2) is 25.2 Å². The van der Waals surface area contributed by atoms with E-state index in [1.54, 1.807) is 36.4 Å². The van der Waals surface area contributed by atoms with Crippen molar-refractivity contribution in [2.75, 3.05) is 18.0 Å². The molecule has 3 rings (SSSR count). The molecule has 6 heteroatoms. The summed E-state index contributed by atoms with van der Waals surface area (Å²) in [5.41, 5.74) is 4.09. The van der Waals surface area contributed by atoms with E-state index in [0.717, 1.165) is 25.9 Å². The van der Waals surface area contributed by atoms with E-state index in [4.69, 9.17) is 11.6 Å². The van der Waals surface area contributed by atoms with Crippen molar-refractivity contribution in [3.8, 4) is 0 Å². The highest BCUT2D eigenvalue weighted by atomic mass is 35.5. The Hall–Kier alpha value is -2.40. The molecule has 1 heterocycles. The first-order valence-corrected chi connectivity index (χ1v) is 8.65. The lowest BCUT2D eigenvalue weighted by molar-refractivity contribution is 0.0955. The lowest BCUT2D eigenvalue weighted by Gasteiger charge is -2.29. The number of rotatable bonds is 4. The van der Waals surface area contributed by atoms with Gasteiger partial charge in [0.15, 0.2) is 0 Å². The van der Waals surface area contributed by atoms with Crippen molar-refractivity contribution in [3.05, 3.63) is 64.4 Å². The molecule has 1 amide bonds. The number of piperidine rings is 1. The fourth-order valence-electron chi connectivity index (χ4n) is 2.83. The maximum atomic E-state index is 14.3. The minimum Gasteiger partial charge on any atom is -0.369 e. The number of anilines is 1. The summed E-state index contributed by atoms with van der Waals surface area (Å²) in [6.45, 7) is 1.78. The smallest absolute Gasteiger partial charge is 0.271 e. The molecular weight excluding hydrogens is 341 g/mol. The van der Waals surface area contributed by atoms with Crippen LogP contribution in [0.3, 0.4) is 0 Å². The second-order valence-electron chi connectivity index (χ2n) is 5.96. The number of hydrogen-bond donors (Lipinski definition) is 1. The molecule has 0 aliphatic carbocycles. The predicted octanol–water partition coefficient (Wildman–Crippen LogP) is 4.23. The Morgan fingerprint density at radius 1 is 1.12 bits per heavy atom. The number of amides is 1. The van der Waals surface area contributed by atoms with E-state index in [2.05, 4.69) is 15.4 Å². The summed E-state index contributed by atoms with van der Waals surface area (Å²) in [7, 11) is 0. The third-order valence-electron chi connectivity index (χ3n) is 4.15. The molecule has 1 aliphatic rings. The summed E-state index contributed by atoms with van der Waals surface area (Å²) in [4.78, 5) is 14.0. The van der Waals surface area contributed by atoms with Crippen molar-refractivity contribution < 1.29 is 9.18 Å². The molecular formula is C19H19ClFN3O. The summed E-state index contributed by atoms with van der Waals surface area (Å²) < 4.78 is 14.3. The largest absolute Gasteiger partial charge is 0.369 e. The van der Waals surface area contributed by atoms with Gasteiger partial charge in [0, 0.05) is 23.7 Å². The molecule has 0 aromatic heterocycles. The highest BCUT2D eigenvalue weighted by molar-refractivity contribution is 6.30. The monoisotopic (exact) mass is 359 g/mol. The Morgan fingerprint density at radius 2 is 1.84 bits per heavy atom. The maximum absolute atomic E-state index is 14.3. The molecule has 0 unspecified atom stereocenters. The summed E-state index contributed by atoms with van der Waals surface area (Å²) in [5.74, 6) is -0.617. The highest BCUT2D eigenvalue weighted by Crippen LogP contribution is 2.23. The highest BCUT2D eigenvalue weighted by Gasteiger charge is 2.14. The fourth-order valence-corrected chi connectivity index (χ4v) is 2.95. The summed E-state index contributed by atoms with van der Waals surface area (Å²) in [5, 5.41) is 4.45. The van der Waals surface area contributed by atoms with Crippen LogP contribution in [0.25, 0.3) is 0 Å². The Labute approximate surface area is 151 Å². The molecule has 4 nitrogen and oxygen atoms in total.